The molecule has 43 heavy (non-hydrogen) atoms. The fourth-order valence-corrected chi connectivity index (χ4v) is 6.80. The molecule has 0 heterocycles. The molecule has 10 heteroatoms. The van der Waals surface area contributed by atoms with Crippen LogP contribution in [0.25, 0.3) is 0 Å². The lowest BCUT2D eigenvalue weighted by molar-refractivity contribution is -0.139. The van der Waals surface area contributed by atoms with E-state index in [1.807, 2.05) is 30.3 Å². The van der Waals surface area contributed by atoms with Crippen molar-refractivity contribution >= 4 is 27.5 Å². The number of methoxy groups -OCH3 is 2. The van der Waals surface area contributed by atoms with Gasteiger partial charge in [-0.15, -0.1) is 0 Å². The largest absolute Gasteiger partial charge is 0.493 e. The maximum absolute atomic E-state index is 14.1. The number of rotatable bonds is 13. The van der Waals surface area contributed by atoms with E-state index < -0.39 is 28.5 Å². The quantitative estimate of drug-likeness (QED) is 0.299. The molecule has 1 saturated carbocycles. The second-order valence-corrected chi connectivity index (χ2v) is 12.6. The summed E-state index contributed by atoms with van der Waals surface area (Å²) in [5.41, 5.74) is 1.34. The van der Waals surface area contributed by atoms with Gasteiger partial charge in [-0.25, -0.2) is 8.42 Å². The first kappa shape index (κ1) is 31.9. The Morgan fingerprint density at radius 2 is 1.51 bits per heavy atom. The molecule has 4 rings (SSSR count). The van der Waals surface area contributed by atoms with Crippen molar-refractivity contribution in [2.75, 3.05) is 31.6 Å². The number of nitrogens with zero attached hydrogens (tertiary/aromatic N) is 2. The second-order valence-electron chi connectivity index (χ2n) is 10.7. The molecule has 1 aliphatic rings. The molecular formula is C33H41N3O6S. The number of hydrogen-bond donors (Lipinski definition) is 1. The van der Waals surface area contributed by atoms with Crippen molar-refractivity contribution in [2.24, 2.45) is 0 Å². The number of para-hydroxylation sites is 1. The number of sulfonamides is 1. The van der Waals surface area contributed by atoms with Crippen molar-refractivity contribution in [3.05, 3.63) is 84.4 Å². The van der Waals surface area contributed by atoms with Crippen molar-refractivity contribution in [2.45, 2.75) is 62.4 Å². The number of nitrogens with one attached hydrogen (secondary N) is 1. The summed E-state index contributed by atoms with van der Waals surface area (Å²) in [4.78, 5) is 28.9. The smallest absolute Gasteiger partial charge is 0.264 e. The van der Waals surface area contributed by atoms with Crippen LogP contribution in [0.15, 0.2) is 83.8 Å². The van der Waals surface area contributed by atoms with Gasteiger partial charge >= 0.3 is 0 Å². The van der Waals surface area contributed by atoms with Crippen LogP contribution in [0.5, 0.6) is 11.5 Å². The van der Waals surface area contributed by atoms with E-state index in [2.05, 4.69) is 5.32 Å². The number of benzene rings is 3. The number of carbonyl (C=O) groups excluding carboxylic acids is 2. The second kappa shape index (κ2) is 14.9. The molecule has 0 aliphatic heterocycles. The van der Waals surface area contributed by atoms with E-state index in [9.17, 15) is 18.0 Å². The molecule has 0 bridgehead atoms. The first-order valence-corrected chi connectivity index (χ1v) is 16.1. The third-order valence-corrected chi connectivity index (χ3v) is 9.64. The fourth-order valence-electron chi connectivity index (χ4n) is 5.37. The van der Waals surface area contributed by atoms with Crippen molar-refractivity contribution in [3.63, 3.8) is 0 Å². The van der Waals surface area contributed by atoms with E-state index in [-0.39, 0.29) is 29.1 Å². The average Bonchev–Trinajstić information content (AvgIpc) is 3.04. The van der Waals surface area contributed by atoms with Crippen LogP contribution >= 0.6 is 0 Å². The van der Waals surface area contributed by atoms with Gasteiger partial charge < -0.3 is 19.7 Å². The molecule has 0 aromatic heterocycles. The predicted molar refractivity (Wildman–Crippen MR) is 167 cm³/mol. The minimum atomic E-state index is -4.23. The van der Waals surface area contributed by atoms with Crippen molar-refractivity contribution in [1.82, 2.24) is 10.2 Å². The van der Waals surface area contributed by atoms with Crippen molar-refractivity contribution in [3.8, 4) is 11.5 Å². The highest BCUT2D eigenvalue weighted by atomic mass is 32.2. The molecule has 1 fully saturated rings. The SMILES string of the molecule is COc1ccc(S(=O)(=O)N(CC(=O)N(CCc2ccccc2)C(C)C(=O)NC2CCCCC2)c2ccccc2)cc1OC. The summed E-state index contributed by atoms with van der Waals surface area (Å²) < 4.78 is 39.9. The third-order valence-electron chi connectivity index (χ3n) is 7.87. The minimum absolute atomic E-state index is 0.0549. The summed E-state index contributed by atoms with van der Waals surface area (Å²) >= 11 is 0. The van der Waals surface area contributed by atoms with Crippen LogP contribution in [0.3, 0.4) is 0 Å². The van der Waals surface area contributed by atoms with Crippen LogP contribution in [0.2, 0.25) is 0 Å². The first-order valence-electron chi connectivity index (χ1n) is 14.7. The number of ether oxygens (including phenoxy) is 2. The van der Waals surface area contributed by atoms with Crippen molar-refractivity contribution in [1.29, 1.82) is 0 Å². The molecular weight excluding hydrogens is 566 g/mol. The topological polar surface area (TPSA) is 105 Å². The summed E-state index contributed by atoms with van der Waals surface area (Å²) in [6, 6.07) is 21.8. The van der Waals surface area contributed by atoms with Crippen LogP contribution in [0, 0.1) is 0 Å². The summed E-state index contributed by atoms with van der Waals surface area (Å²) in [6.07, 6.45) is 5.64. The van der Waals surface area contributed by atoms with Gasteiger partial charge in [0.1, 0.15) is 12.6 Å². The Labute approximate surface area is 254 Å². The molecule has 0 saturated heterocycles. The molecule has 3 aromatic carbocycles. The summed E-state index contributed by atoms with van der Waals surface area (Å²) in [7, 11) is -1.33. The lowest BCUT2D eigenvalue weighted by Gasteiger charge is -2.33. The molecule has 1 N–H and O–H groups in total. The Balaban J connectivity index is 1.64. The van der Waals surface area contributed by atoms with Crippen molar-refractivity contribution < 1.29 is 27.5 Å². The van der Waals surface area contributed by atoms with E-state index in [1.54, 1.807) is 37.3 Å². The summed E-state index contributed by atoms with van der Waals surface area (Å²) in [5.74, 6) is -0.0773. The van der Waals surface area contributed by atoms with Gasteiger partial charge in [-0.2, -0.15) is 0 Å². The number of amides is 2. The molecule has 9 nitrogen and oxygen atoms in total. The maximum atomic E-state index is 14.1. The van der Waals surface area contributed by atoms with Gasteiger partial charge in [0, 0.05) is 18.7 Å². The highest BCUT2D eigenvalue weighted by molar-refractivity contribution is 7.92. The summed E-state index contributed by atoms with van der Waals surface area (Å²) in [5, 5.41) is 3.13. The van der Waals surface area contributed by atoms with E-state index in [4.69, 9.17) is 9.47 Å². The van der Waals surface area contributed by atoms with Gasteiger partial charge in [-0.05, 0) is 56.0 Å². The fraction of sp³-hybridized carbons (Fsp3) is 0.394. The number of hydrogen-bond acceptors (Lipinski definition) is 6. The normalized spacial score (nSPS) is 14.4. The zero-order valence-corrected chi connectivity index (χ0v) is 25.9. The number of anilines is 1. The molecule has 230 valence electrons. The Bertz CT molecular complexity index is 1460. The highest BCUT2D eigenvalue weighted by Gasteiger charge is 2.33. The Morgan fingerprint density at radius 1 is 0.884 bits per heavy atom. The minimum Gasteiger partial charge on any atom is -0.493 e. The Kier molecular flexibility index (Phi) is 11.1. The zero-order valence-electron chi connectivity index (χ0n) is 25.1. The lowest BCUT2D eigenvalue weighted by atomic mass is 9.95. The van der Waals surface area contributed by atoms with E-state index in [1.165, 1.54) is 37.3 Å². The predicted octanol–water partition coefficient (Wildman–Crippen LogP) is 4.81. The van der Waals surface area contributed by atoms with Gasteiger partial charge in [0.2, 0.25) is 11.8 Å². The molecule has 1 unspecified atom stereocenters. The standard InChI is InChI=1S/C33H41N3O6S/c1-25(33(38)34-27-15-9-5-10-16-27)35(22-21-26-13-7-4-8-14-26)32(37)24-36(28-17-11-6-12-18-28)43(39,40)29-19-20-30(41-2)31(23-29)42-3/h4,6-8,11-14,17-20,23,25,27H,5,9-10,15-16,21-22,24H2,1-3H3,(H,34,38). The molecule has 1 atom stereocenters. The van der Waals surface area contributed by atoms with E-state index >= 15 is 0 Å². The van der Waals surface area contributed by atoms with E-state index in [0.29, 0.717) is 17.9 Å². The maximum Gasteiger partial charge on any atom is 0.264 e. The Morgan fingerprint density at radius 3 is 2.14 bits per heavy atom. The van der Waals surface area contributed by atoms with E-state index in [0.717, 1.165) is 42.0 Å². The molecule has 3 aromatic rings. The van der Waals surface area contributed by atoms with Gasteiger partial charge in [0.15, 0.2) is 11.5 Å². The molecule has 1 aliphatic carbocycles. The van der Waals surface area contributed by atoms with Gasteiger partial charge in [-0.1, -0.05) is 67.8 Å². The summed E-state index contributed by atoms with van der Waals surface area (Å²) in [6.45, 7) is 1.47. The first-order chi connectivity index (χ1) is 20.7. The van der Waals surface area contributed by atoms with Crippen LogP contribution in [0.4, 0.5) is 5.69 Å². The van der Waals surface area contributed by atoms with Crippen LogP contribution in [-0.4, -0.2) is 64.5 Å². The van der Waals surface area contributed by atoms with Gasteiger partial charge in [-0.3, -0.25) is 13.9 Å². The Hall–Kier alpha value is -4.05. The zero-order chi connectivity index (χ0) is 30.8. The molecule has 2 amide bonds. The van der Waals surface area contributed by atoms with Gasteiger partial charge in [0.25, 0.3) is 10.0 Å². The highest BCUT2D eigenvalue weighted by Crippen LogP contribution is 2.32. The molecule has 0 spiro atoms. The van der Waals surface area contributed by atoms with Crippen LogP contribution in [0.1, 0.15) is 44.6 Å². The monoisotopic (exact) mass is 607 g/mol. The van der Waals surface area contributed by atoms with Crippen LogP contribution < -0.4 is 19.1 Å². The average molecular weight is 608 g/mol. The van der Waals surface area contributed by atoms with Gasteiger partial charge in [0.05, 0.1) is 24.8 Å². The third kappa shape index (κ3) is 8.07. The lowest BCUT2D eigenvalue weighted by Crippen LogP contribution is -2.53. The number of carbonyl (C=O) groups is 2. The molecule has 0 radical (unpaired) electrons. The van der Waals surface area contributed by atoms with Crippen LogP contribution in [-0.2, 0) is 26.0 Å².